The first-order valence-electron chi connectivity index (χ1n) is 9.48. The zero-order chi connectivity index (χ0) is 19.4. The van der Waals surface area contributed by atoms with Crippen LogP contribution in [0.5, 0.6) is 5.75 Å². The van der Waals surface area contributed by atoms with E-state index in [0.29, 0.717) is 28.8 Å². The monoisotopic (exact) mass is 439 g/mol. The number of carbonyl (C=O) groups excluding carboxylic acids is 3. The summed E-state index contributed by atoms with van der Waals surface area (Å²) in [5.74, 6) is -0.0213. The molecule has 2 aliphatic carbocycles. The molecule has 1 saturated heterocycles. The lowest BCUT2D eigenvalue weighted by Gasteiger charge is -2.19. The van der Waals surface area contributed by atoms with Crippen molar-refractivity contribution in [3.63, 3.8) is 0 Å². The number of ether oxygens (including phenoxy) is 1. The van der Waals surface area contributed by atoms with Gasteiger partial charge in [0.25, 0.3) is 0 Å². The number of hydrogen-bond acceptors (Lipinski definition) is 4. The van der Waals surface area contributed by atoms with Gasteiger partial charge in [0.2, 0.25) is 11.8 Å². The van der Waals surface area contributed by atoms with Crippen molar-refractivity contribution in [2.45, 2.75) is 19.3 Å². The van der Waals surface area contributed by atoms with Gasteiger partial charge in [-0.05, 0) is 67.5 Å². The van der Waals surface area contributed by atoms with E-state index in [0.717, 1.165) is 23.7 Å². The molecule has 2 bridgehead atoms. The third-order valence-electron chi connectivity index (χ3n) is 6.29. The summed E-state index contributed by atoms with van der Waals surface area (Å²) in [6.45, 7) is 0. The second kappa shape index (κ2) is 6.55. The van der Waals surface area contributed by atoms with Crippen LogP contribution in [0, 0.1) is 23.7 Å². The molecule has 3 fully saturated rings. The molecule has 4 atom stereocenters. The molecule has 3 aliphatic rings. The fourth-order valence-corrected chi connectivity index (χ4v) is 5.37. The number of halogens is 1. The van der Waals surface area contributed by atoms with Crippen LogP contribution in [0.2, 0.25) is 0 Å². The van der Waals surface area contributed by atoms with Gasteiger partial charge in [-0.3, -0.25) is 9.59 Å². The molecule has 0 aromatic heterocycles. The van der Waals surface area contributed by atoms with E-state index in [2.05, 4.69) is 15.9 Å². The van der Waals surface area contributed by atoms with Crippen molar-refractivity contribution in [3.8, 4) is 5.75 Å². The zero-order valence-electron chi connectivity index (χ0n) is 15.0. The second-order valence-electron chi connectivity index (χ2n) is 7.79. The van der Waals surface area contributed by atoms with Crippen molar-refractivity contribution in [1.29, 1.82) is 0 Å². The molecule has 5 nitrogen and oxygen atoms in total. The maximum atomic E-state index is 13.0. The van der Waals surface area contributed by atoms with Crippen LogP contribution in [0.3, 0.4) is 0 Å². The van der Waals surface area contributed by atoms with Crippen molar-refractivity contribution in [1.82, 2.24) is 0 Å². The topological polar surface area (TPSA) is 63.7 Å². The summed E-state index contributed by atoms with van der Waals surface area (Å²) in [4.78, 5) is 39.6. The molecule has 2 aromatic rings. The van der Waals surface area contributed by atoms with Crippen LogP contribution in [-0.4, -0.2) is 17.8 Å². The first-order chi connectivity index (χ1) is 13.5. The minimum Gasteiger partial charge on any atom is -0.423 e. The van der Waals surface area contributed by atoms with Gasteiger partial charge in [-0.15, -0.1) is 0 Å². The third kappa shape index (κ3) is 2.70. The Balaban J connectivity index is 1.39. The molecule has 0 unspecified atom stereocenters. The molecule has 142 valence electrons. The summed E-state index contributed by atoms with van der Waals surface area (Å²) in [6, 6.07) is 13.5. The van der Waals surface area contributed by atoms with Gasteiger partial charge < -0.3 is 4.74 Å². The number of esters is 1. The fraction of sp³-hybridized carbons (Fsp3) is 0.318. The Morgan fingerprint density at radius 3 is 2.25 bits per heavy atom. The number of benzene rings is 2. The van der Waals surface area contributed by atoms with Crippen molar-refractivity contribution < 1.29 is 19.1 Å². The van der Waals surface area contributed by atoms with Crippen molar-refractivity contribution in [2.24, 2.45) is 23.7 Å². The molecular weight excluding hydrogens is 422 g/mol. The molecule has 0 N–H and O–H groups in total. The molecule has 28 heavy (non-hydrogen) atoms. The summed E-state index contributed by atoms with van der Waals surface area (Å²) in [5.41, 5.74) is 0.901. The van der Waals surface area contributed by atoms with Crippen LogP contribution in [0.25, 0.3) is 0 Å². The molecule has 5 rings (SSSR count). The van der Waals surface area contributed by atoms with E-state index in [1.165, 1.54) is 4.90 Å². The summed E-state index contributed by atoms with van der Waals surface area (Å²) in [7, 11) is 0. The summed E-state index contributed by atoms with van der Waals surface area (Å²) in [5, 5.41) is 0. The average molecular weight is 440 g/mol. The average Bonchev–Trinajstić information content (AvgIpc) is 3.36. The van der Waals surface area contributed by atoms with Crippen molar-refractivity contribution in [2.75, 3.05) is 4.90 Å². The molecule has 0 spiro atoms. The standard InChI is InChI=1S/C22H18BrNO4/c23-15-8-6-12(7-9-15)22(27)28-17-3-1-2-16(11-17)24-20(25)18-13-4-5-14(10-13)19(18)21(24)26/h1-3,6-9,11,13-14,18-19H,4-5,10H2/t13-,14+,18-,19-/m0/s1. The predicted molar refractivity (Wildman–Crippen MR) is 106 cm³/mol. The van der Waals surface area contributed by atoms with Crippen molar-refractivity contribution in [3.05, 3.63) is 58.6 Å². The van der Waals surface area contributed by atoms with Crippen LogP contribution >= 0.6 is 15.9 Å². The molecule has 0 radical (unpaired) electrons. The smallest absolute Gasteiger partial charge is 0.343 e. The predicted octanol–water partition coefficient (Wildman–Crippen LogP) is 4.20. The van der Waals surface area contributed by atoms with E-state index in [-0.39, 0.29) is 23.7 Å². The first kappa shape index (κ1) is 17.6. The lowest BCUT2D eigenvalue weighted by molar-refractivity contribution is -0.123. The van der Waals surface area contributed by atoms with Crippen molar-refractivity contribution >= 4 is 39.4 Å². The lowest BCUT2D eigenvalue weighted by Crippen LogP contribution is -2.32. The summed E-state index contributed by atoms with van der Waals surface area (Å²) in [6.07, 6.45) is 3.10. The number of carbonyl (C=O) groups is 3. The van der Waals surface area contributed by atoms with Gasteiger partial charge >= 0.3 is 5.97 Å². The van der Waals surface area contributed by atoms with Crippen LogP contribution in [-0.2, 0) is 9.59 Å². The number of hydrogen-bond donors (Lipinski definition) is 0. The van der Waals surface area contributed by atoms with Crippen LogP contribution < -0.4 is 9.64 Å². The highest BCUT2D eigenvalue weighted by molar-refractivity contribution is 9.10. The number of imide groups is 1. The van der Waals surface area contributed by atoms with Crippen LogP contribution in [0.15, 0.2) is 53.0 Å². The Kier molecular flexibility index (Phi) is 4.12. The number of anilines is 1. The molecule has 2 aromatic carbocycles. The van der Waals surface area contributed by atoms with E-state index < -0.39 is 5.97 Å². The molecule has 6 heteroatoms. The zero-order valence-corrected chi connectivity index (χ0v) is 16.6. The summed E-state index contributed by atoms with van der Waals surface area (Å²) < 4.78 is 6.33. The Labute approximate surface area is 170 Å². The Bertz CT molecular complexity index is 958. The highest BCUT2D eigenvalue weighted by Gasteiger charge is 2.61. The van der Waals surface area contributed by atoms with E-state index in [1.54, 1.807) is 48.5 Å². The molecule has 1 aliphatic heterocycles. The van der Waals surface area contributed by atoms with E-state index in [1.807, 2.05) is 0 Å². The Morgan fingerprint density at radius 2 is 1.61 bits per heavy atom. The number of fused-ring (bicyclic) bond motifs is 5. The highest BCUT2D eigenvalue weighted by Crippen LogP contribution is 2.56. The molecular formula is C22H18BrNO4. The van der Waals surface area contributed by atoms with Gasteiger partial charge in [-0.2, -0.15) is 0 Å². The van der Waals surface area contributed by atoms with Crippen LogP contribution in [0.4, 0.5) is 5.69 Å². The van der Waals surface area contributed by atoms with E-state index in [9.17, 15) is 14.4 Å². The molecule has 2 saturated carbocycles. The first-order valence-corrected chi connectivity index (χ1v) is 10.3. The Morgan fingerprint density at radius 1 is 0.964 bits per heavy atom. The maximum Gasteiger partial charge on any atom is 0.343 e. The number of amides is 2. The van der Waals surface area contributed by atoms with Gasteiger partial charge in [0.15, 0.2) is 0 Å². The molecule has 1 heterocycles. The van der Waals surface area contributed by atoms with Gasteiger partial charge in [-0.25, -0.2) is 9.69 Å². The second-order valence-corrected chi connectivity index (χ2v) is 8.71. The SMILES string of the molecule is O=C(Oc1cccc(N2C(=O)[C@H]3[C@@H]4CC[C@@H](C4)[C@@H]3C2=O)c1)c1ccc(Br)cc1. The third-order valence-corrected chi connectivity index (χ3v) is 6.82. The van der Waals surface area contributed by atoms with Gasteiger partial charge in [0, 0.05) is 10.5 Å². The van der Waals surface area contributed by atoms with E-state index in [4.69, 9.17) is 4.74 Å². The van der Waals surface area contributed by atoms with Crippen LogP contribution in [0.1, 0.15) is 29.6 Å². The normalized spacial score (nSPS) is 28.0. The van der Waals surface area contributed by atoms with Gasteiger partial charge in [0.1, 0.15) is 5.75 Å². The minimum atomic E-state index is -0.487. The van der Waals surface area contributed by atoms with E-state index >= 15 is 0 Å². The highest BCUT2D eigenvalue weighted by atomic mass is 79.9. The quantitative estimate of drug-likeness (QED) is 0.408. The fourth-order valence-electron chi connectivity index (χ4n) is 5.10. The largest absolute Gasteiger partial charge is 0.423 e. The lowest BCUT2D eigenvalue weighted by atomic mass is 9.81. The minimum absolute atomic E-state index is 0.0985. The number of nitrogens with zero attached hydrogens (tertiary/aromatic N) is 1. The maximum absolute atomic E-state index is 13.0. The van der Waals surface area contributed by atoms with Gasteiger partial charge in [-0.1, -0.05) is 22.0 Å². The molecule has 2 amide bonds. The van der Waals surface area contributed by atoms with Gasteiger partial charge in [0.05, 0.1) is 23.1 Å². The number of rotatable bonds is 3. The Hall–Kier alpha value is -2.47. The summed E-state index contributed by atoms with van der Waals surface area (Å²) >= 11 is 3.33.